The first-order valence-corrected chi connectivity index (χ1v) is 9.27. The summed E-state index contributed by atoms with van der Waals surface area (Å²) in [6.45, 7) is 5.37. The third-order valence-electron chi connectivity index (χ3n) is 4.50. The maximum Gasteiger partial charge on any atom is 0.238 e. The molecule has 0 amide bonds. The van der Waals surface area contributed by atoms with Gasteiger partial charge in [0, 0.05) is 12.6 Å². The lowest BCUT2D eigenvalue weighted by Crippen LogP contribution is -2.40. The highest BCUT2D eigenvalue weighted by atomic mass is 32.2. The highest BCUT2D eigenvalue weighted by molar-refractivity contribution is 7.89. The van der Waals surface area contributed by atoms with Crippen LogP contribution in [0.4, 0.5) is 0 Å². The van der Waals surface area contributed by atoms with Gasteiger partial charge in [-0.15, -0.1) is 0 Å². The van der Waals surface area contributed by atoms with Crippen molar-refractivity contribution in [3.8, 4) is 0 Å². The Balaban J connectivity index is 1.96. The van der Waals surface area contributed by atoms with Crippen LogP contribution in [0.5, 0.6) is 0 Å². The van der Waals surface area contributed by atoms with Gasteiger partial charge in [0.1, 0.15) is 0 Å². The van der Waals surface area contributed by atoms with Crippen molar-refractivity contribution >= 4 is 10.0 Å². The molecule has 0 radical (unpaired) electrons. The molecule has 118 valence electrons. The van der Waals surface area contributed by atoms with Crippen LogP contribution in [0.15, 0.2) is 29.2 Å². The van der Waals surface area contributed by atoms with Crippen LogP contribution in [-0.4, -0.2) is 14.5 Å². The van der Waals surface area contributed by atoms with Gasteiger partial charge in [0.15, 0.2) is 0 Å². The zero-order valence-electron chi connectivity index (χ0n) is 12.9. The second-order valence-electron chi connectivity index (χ2n) is 6.37. The van der Waals surface area contributed by atoms with Crippen molar-refractivity contribution in [2.75, 3.05) is 0 Å². The van der Waals surface area contributed by atoms with Crippen molar-refractivity contribution in [3.63, 3.8) is 0 Å². The van der Waals surface area contributed by atoms with E-state index in [-0.39, 0.29) is 4.90 Å². The number of sulfonamides is 1. The summed E-state index contributed by atoms with van der Waals surface area (Å²) in [6, 6.07) is 7.39. The Morgan fingerprint density at radius 1 is 1.19 bits per heavy atom. The van der Waals surface area contributed by atoms with E-state index in [0.29, 0.717) is 12.0 Å². The van der Waals surface area contributed by atoms with Crippen molar-refractivity contribution in [2.24, 2.45) is 17.0 Å². The predicted molar refractivity (Wildman–Crippen MR) is 85.2 cm³/mol. The van der Waals surface area contributed by atoms with E-state index in [1.54, 1.807) is 12.1 Å². The molecule has 1 fully saturated rings. The number of rotatable bonds is 5. The van der Waals surface area contributed by atoms with Crippen LogP contribution in [0, 0.1) is 11.8 Å². The molecule has 0 bridgehead atoms. The van der Waals surface area contributed by atoms with E-state index in [1.807, 2.05) is 12.1 Å². The van der Waals surface area contributed by atoms with Gasteiger partial charge in [-0.1, -0.05) is 38.8 Å². The summed E-state index contributed by atoms with van der Waals surface area (Å²) in [5.41, 5.74) is 1.09. The lowest BCUT2D eigenvalue weighted by atomic mass is 9.78. The molecule has 0 heterocycles. The van der Waals surface area contributed by atoms with Crippen LogP contribution in [-0.2, 0) is 16.6 Å². The monoisotopic (exact) mass is 310 g/mol. The average Bonchev–Trinajstić information content (AvgIpc) is 2.45. The molecule has 2 atom stereocenters. The largest absolute Gasteiger partial charge is 0.310 e. The Morgan fingerprint density at radius 2 is 1.81 bits per heavy atom. The molecule has 1 aliphatic rings. The Hall–Kier alpha value is -0.910. The van der Waals surface area contributed by atoms with Gasteiger partial charge in [-0.25, -0.2) is 13.6 Å². The number of hydrogen-bond acceptors (Lipinski definition) is 3. The lowest BCUT2D eigenvalue weighted by molar-refractivity contribution is 0.204. The molecule has 2 rings (SSSR count). The van der Waals surface area contributed by atoms with Crippen molar-refractivity contribution in [1.82, 2.24) is 5.32 Å². The topological polar surface area (TPSA) is 72.2 Å². The first-order chi connectivity index (χ1) is 9.88. The molecule has 0 aliphatic heterocycles. The van der Waals surface area contributed by atoms with Crippen LogP contribution < -0.4 is 10.5 Å². The minimum atomic E-state index is -3.60. The van der Waals surface area contributed by atoms with Crippen LogP contribution in [0.2, 0.25) is 0 Å². The van der Waals surface area contributed by atoms with Crippen LogP contribution in [0.3, 0.4) is 0 Å². The molecule has 0 spiro atoms. The molecule has 1 saturated carbocycles. The number of hydrogen-bond donors (Lipinski definition) is 2. The number of benzene rings is 1. The van der Waals surface area contributed by atoms with E-state index >= 15 is 0 Å². The highest BCUT2D eigenvalue weighted by Crippen LogP contribution is 2.30. The van der Waals surface area contributed by atoms with Gasteiger partial charge in [-0.05, 0) is 42.4 Å². The summed E-state index contributed by atoms with van der Waals surface area (Å²) in [6.07, 6.45) is 5.17. The fourth-order valence-corrected chi connectivity index (χ4v) is 3.77. The molecule has 3 N–H and O–H groups in total. The predicted octanol–water partition coefficient (Wildman–Crippen LogP) is 2.64. The van der Waals surface area contributed by atoms with E-state index < -0.39 is 10.0 Å². The molecule has 2 unspecified atom stereocenters. The van der Waals surface area contributed by atoms with Gasteiger partial charge in [0.25, 0.3) is 0 Å². The maximum atomic E-state index is 11.2. The van der Waals surface area contributed by atoms with Gasteiger partial charge in [0.05, 0.1) is 4.90 Å². The highest BCUT2D eigenvalue weighted by Gasteiger charge is 2.26. The summed E-state index contributed by atoms with van der Waals surface area (Å²) >= 11 is 0. The fourth-order valence-electron chi connectivity index (χ4n) is 3.26. The normalized spacial score (nSPS) is 23.4. The fraction of sp³-hybridized carbons (Fsp3) is 0.625. The average molecular weight is 310 g/mol. The maximum absolute atomic E-state index is 11.2. The van der Waals surface area contributed by atoms with Crippen molar-refractivity contribution in [2.45, 2.75) is 57.0 Å². The lowest BCUT2D eigenvalue weighted by Gasteiger charge is -2.35. The van der Waals surface area contributed by atoms with E-state index in [2.05, 4.69) is 19.2 Å². The number of nitrogens with one attached hydrogen (secondary N) is 1. The quantitative estimate of drug-likeness (QED) is 0.878. The van der Waals surface area contributed by atoms with Crippen molar-refractivity contribution in [3.05, 3.63) is 29.8 Å². The third kappa shape index (κ3) is 4.53. The Morgan fingerprint density at radius 3 is 2.38 bits per heavy atom. The van der Waals surface area contributed by atoms with Crippen molar-refractivity contribution in [1.29, 1.82) is 0 Å². The van der Waals surface area contributed by atoms with E-state index in [9.17, 15) is 8.42 Å². The first-order valence-electron chi connectivity index (χ1n) is 7.73. The molecule has 1 aromatic rings. The van der Waals surface area contributed by atoms with Gasteiger partial charge in [0.2, 0.25) is 10.0 Å². The molecule has 5 heteroatoms. The van der Waals surface area contributed by atoms with Crippen molar-refractivity contribution < 1.29 is 8.42 Å². The van der Waals surface area contributed by atoms with E-state index in [0.717, 1.165) is 18.0 Å². The minimum Gasteiger partial charge on any atom is -0.310 e. The zero-order chi connectivity index (χ0) is 15.5. The minimum absolute atomic E-state index is 0.170. The van der Waals surface area contributed by atoms with Crippen LogP contribution in [0.25, 0.3) is 0 Å². The summed E-state index contributed by atoms with van der Waals surface area (Å²) in [4.78, 5) is 0.170. The Labute approximate surface area is 128 Å². The van der Waals surface area contributed by atoms with Gasteiger partial charge < -0.3 is 5.32 Å². The summed E-state index contributed by atoms with van der Waals surface area (Å²) < 4.78 is 22.5. The molecule has 1 aliphatic carbocycles. The smallest absolute Gasteiger partial charge is 0.238 e. The molecular formula is C16H26N2O2S. The Bertz CT molecular complexity index is 552. The van der Waals surface area contributed by atoms with Gasteiger partial charge >= 0.3 is 0 Å². The summed E-state index contributed by atoms with van der Waals surface area (Å²) in [5.74, 6) is 1.44. The first kappa shape index (κ1) is 16.5. The molecule has 0 saturated heterocycles. The van der Waals surface area contributed by atoms with Gasteiger partial charge in [-0.2, -0.15) is 0 Å². The second-order valence-corrected chi connectivity index (χ2v) is 7.93. The summed E-state index contributed by atoms with van der Waals surface area (Å²) in [7, 11) is -3.60. The zero-order valence-corrected chi connectivity index (χ0v) is 13.7. The molecule has 0 aromatic heterocycles. The van der Waals surface area contributed by atoms with Crippen LogP contribution >= 0.6 is 0 Å². The molecule has 4 nitrogen and oxygen atoms in total. The van der Waals surface area contributed by atoms with E-state index in [1.165, 1.54) is 25.7 Å². The SMILES string of the molecule is CC(C)C1CCCCC1NCc1ccc(S(N)(=O)=O)cc1. The summed E-state index contributed by atoms with van der Waals surface area (Å²) in [5, 5.41) is 8.75. The van der Waals surface area contributed by atoms with Gasteiger partial charge in [-0.3, -0.25) is 0 Å². The number of primary sulfonamides is 1. The molecular weight excluding hydrogens is 284 g/mol. The standard InChI is InChI=1S/C16H26N2O2S/c1-12(2)15-5-3-4-6-16(15)18-11-13-7-9-14(10-8-13)21(17,19)20/h7-10,12,15-16,18H,3-6,11H2,1-2H3,(H2,17,19,20). The molecule has 21 heavy (non-hydrogen) atoms. The third-order valence-corrected chi connectivity index (χ3v) is 5.43. The Kier molecular flexibility index (Phi) is 5.41. The molecule has 1 aromatic carbocycles. The second kappa shape index (κ2) is 6.90. The van der Waals surface area contributed by atoms with Crippen LogP contribution in [0.1, 0.15) is 45.1 Å². The number of nitrogens with two attached hydrogens (primary N) is 1. The van der Waals surface area contributed by atoms with E-state index in [4.69, 9.17) is 5.14 Å².